The maximum Gasteiger partial charge on any atom is 0.264 e. The van der Waals surface area contributed by atoms with E-state index < -0.39 is 21.2 Å². The summed E-state index contributed by atoms with van der Waals surface area (Å²) < 4.78 is 41.7. The van der Waals surface area contributed by atoms with Gasteiger partial charge in [-0.05, 0) is 119 Å². The number of ether oxygens (including phenoxy) is 2. The Bertz CT molecular complexity index is 1580. The first-order chi connectivity index (χ1) is 22.4. The number of hydrogen-bond donors (Lipinski definition) is 2. The summed E-state index contributed by atoms with van der Waals surface area (Å²) in [6, 6.07) is 11.1. The summed E-state index contributed by atoms with van der Waals surface area (Å²) in [6.45, 7) is 9.06. The SMILES string of the molecule is CC(C)NC(=O)CO[C@H]1/C=C/C[C@H](C)[C@@H](C)S(=O)(=O)NC(=O)c2ccc3c(c2)N(CCCCc2cc(Cl)ccc2CO3)C[C@@H]2CC[C@H]21. The van der Waals surface area contributed by atoms with Crippen molar-refractivity contribution in [3.05, 3.63) is 70.3 Å². The zero-order valence-corrected chi connectivity index (χ0v) is 29.4. The van der Waals surface area contributed by atoms with Gasteiger partial charge < -0.3 is 19.7 Å². The number of sulfonamides is 1. The van der Waals surface area contributed by atoms with E-state index in [0.717, 1.165) is 55.5 Å². The lowest BCUT2D eigenvalue weighted by molar-refractivity contribution is -0.129. The van der Waals surface area contributed by atoms with E-state index in [1.165, 1.54) is 0 Å². The zero-order valence-electron chi connectivity index (χ0n) is 27.8. The molecule has 2 aliphatic heterocycles. The quantitative estimate of drug-likeness (QED) is 0.377. The Morgan fingerprint density at radius 2 is 1.94 bits per heavy atom. The van der Waals surface area contributed by atoms with Crippen molar-refractivity contribution in [3.63, 3.8) is 0 Å². The number of carbonyl (C=O) groups excluding carboxylic acids is 2. The second-order valence-electron chi connectivity index (χ2n) is 13.6. The number of rotatable bonds is 4. The predicted molar refractivity (Wildman–Crippen MR) is 185 cm³/mol. The molecule has 5 atom stereocenters. The third kappa shape index (κ3) is 8.89. The highest BCUT2D eigenvalue weighted by molar-refractivity contribution is 7.90. The van der Waals surface area contributed by atoms with Crippen molar-refractivity contribution < 1.29 is 27.5 Å². The first-order valence-corrected chi connectivity index (χ1v) is 18.8. The number of fused-ring (bicyclic) bond motifs is 3. The summed E-state index contributed by atoms with van der Waals surface area (Å²) in [5.41, 5.74) is 3.25. The van der Waals surface area contributed by atoms with E-state index in [9.17, 15) is 18.0 Å². The number of nitrogens with one attached hydrogen (secondary N) is 2. The molecule has 2 heterocycles. The lowest BCUT2D eigenvalue weighted by Gasteiger charge is -2.44. The van der Waals surface area contributed by atoms with Crippen molar-refractivity contribution in [2.45, 2.75) is 90.2 Å². The molecule has 0 saturated heterocycles. The van der Waals surface area contributed by atoms with Crippen LogP contribution in [-0.4, -0.2) is 57.3 Å². The minimum atomic E-state index is -3.96. The third-order valence-electron chi connectivity index (χ3n) is 9.81. The summed E-state index contributed by atoms with van der Waals surface area (Å²) in [6.07, 6.45) is 8.86. The number of carbonyl (C=O) groups is 2. The number of aryl methyl sites for hydroxylation is 1. The summed E-state index contributed by atoms with van der Waals surface area (Å²) in [5, 5.41) is 2.78. The van der Waals surface area contributed by atoms with Crippen LogP contribution in [0.1, 0.15) is 81.3 Å². The van der Waals surface area contributed by atoms with Crippen molar-refractivity contribution >= 4 is 39.1 Å². The molecule has 1 aliphatic carbocycles. The van der Waals surface area contributed by atoms with Crippen LogP contribution in [0.4, 0.5) is 5.69 Å². The molecule has 2 amide bonds. The third-order valence-corrected chi connectivity index (χ3v) is 12.0. The number of nitrogens with zero attached hydrogens (tertiary/aromatic N) is 1. The van der Waals surface area contributed by atoms with Crippen molar-refractivity contribution in [1.29, 1.82) is 0 Å². The van der Waals surface area contributed by atoms with E-state index in [0.29, 0.717) is 30.3 Å². The number of anilines is 1. The van der Waals surface area contributed by atoms with Gasteiger partial charge in [-0.2, -0.15) is 0 Å². The fraction of sp³-hybridized carbons (Fsp3) is 0.556. The van der Waals surface area contributed by atoms with E-state index >= 15 is 0 Å². The average molecular weight is 686 g/mol. The number of allylic oxidation sites excluding steroid dienone is 1. The molecule has 2 N–H and O–H groups in total. The Morgan fingerprint density at radius 1 is 1.13 bits per heavy atom. The smallest absolute Gasteiger partial charge is 0.264 e. The van der Waals surface area contributed by atoms with Crippen LogP contribution in [0.5, 0.6) is 5.75 Å². The molecule has 47 heavy (non-hydrogen) atoms. The summed E-state index contributed by atoms with van der Waals surface area (Å²) >= 11 is 6.34. The van der Waals surface area contributed by atoms with E-state index in [4.69, 9.17) is 21.1 Å². The van der Waals surface area contributed by atoms with Gasteiger partial charge in [-0.15, -0.1) is 0 Å². The van der Waals surface area contributed by atoms with Crippen LogP contribution in [0.15, 0.2) is 48.6 Å². The molecule has 0 aromatic heterocycles. The molecule has 5 rings (SSSR count). The molecular weight excluding hydrogens is 638 g/mol. The molecule has 0 radical (unpaired) electrons. The van der Waals surface area contributed by atoms with Crippen molar-refractivity contribution in [2.24, 2.45) is 17.8 Å². The van der Waals surface area contributed by atoms with Crippen LogP contribution in [0.2, 0.25) is 5.02 Å². The van der Waals surface area contributed by atoms with Gasteiger partial charge in [-0.3, -0.25) is 9.59 Å². The molecule has 1 saturated carbocycles. The lowest BCUT2D eigenvalue weighted by atomic mass is 9.70. The van der Waals surface area contributed by atoms with E-state index in [2.05, 4.69) is 14.9 Å². The molecule has 9 nitrogen and oxygen atoms in total. The molecule has 1 fully saturated rings. The number of halogens is 1. The summed E-state index contributed by atoms with van der Waals surface area (Å²) in [4.78, 5) is 28.2. The Labute approximate surface area is 284 Å². The monoisotopic (exact) mass is 685 g/mol. The van der Waals surface area contributed by atoms with Gasteiger partial charge in [0.1, 0.15) is 19.0 Å². The van der Waals surface area contributed by atoms with Gasteiger partial charge >= 0.3 is 0 Å². The highest BCUT2D eigenvalue weighted by Gasteiger charge is 2.39. The van der Waals surface area contributed by atoms with Crippen LogP contribution in [0, 0.1) is 17.8 Å². The maximum atomic E-state index is 13.4. The number of benzene rings is 2. The molecular formula is C36H48ClN3O6S. The molecule has 11 heteroatoms. The topological polar surface area (TPSA) is 114 Å². The van der Waals surface area contributed by atoms with Crippen LogP contribution in [0.3, 0.4) is 0 Å². The van der Waals surface area contributed by atoms with Crippen LogP contribution >= 0.6 is 11.6 Å². The number of hydrogen-bond acceptors (Lipinski definition) is 7. The largest absolute Gasteiger partial charge is 0.487 e. The molecule has 2 aromatic carbocycles. The molecule has 2 aromatic rings. The van der Waals surface area contributed by atoms with Gasteiger partial charge in [0.2, 0.25) is 15.9 Å². The van der Waals surface area contributed by atoms with Gasteiger partial charge in [-0.1, -0.05) is 36.7 Å². The predicted octanol–water partition coefficient (Wildman–Crippen LogP) is 6.04. The second-order valence-corrected chi connectivity index (χ2v) is 16.1. The van der Waals surface area contributed by atoms with E-state index in [1.54, 1.807) is 25.1 Å². The first kappa shape index (κ1) is 35.2. The summed E-state index contributed by atoms with van der Waals surface area (Å²) in [7, 11) is -3.96. The lowest BCUT2D eigenvalue weighted by Crippen LogP contribution is -2.45. The van der Waals surface area contributed by atoms with E-state index in [-0.39, 0.29) is 48.0 Å². The Kier molecular flexibility index (Phi) is 11.6. The van der Waals surface area contributed by atoms with Gasteiger partial charge in [0.05, 0.1) is 17.0 Å². The summed E-state index contributed by atoms with van der Waals surface area (Å²) in [5.74, 6) is 0.0216. The maximum absolute atomic E-state index is 13.4. The standard InChI is InChI=1S/C36H48ClN3O6S/c1-23(2)38-35(41)22-46-33-10-7-8-24(3)25(4)47(43,44)39-36(42)27-13-16-34-32(19-27)40(20-28-12-15-31(28)33)17-6-5-9-26-18-30(37)14-11-29(26)21-45-34/h7,10-11,13-14,16,18-19,23-25,28,31,33H,5-6,8-9,12,15,17,20-22H2,1-4H3,(H,38,41)(H,39,42)/b10-7+/t24-,25+,28-,31+,33-/m0/s1. The van der Waals surface area contributed by atoms with Gasteiger partial charge in [0.15, 0.2) is 0 Å². The molecule has 0 spiro atoms. The first-order valence-electron chi connectivity index (χ1n) is 16.8. The fourth-order valence-corrected chi connectivity index (χ4v) is 8.16. The van der Waals surface area contributed by atoms with Gasteiger partial charge in [-0.25, -0.2) is 13.1 Å². The van der Waals surface area contributed by atoms with E-state index in [1.807, 2.05) is 51.1 Å². The van der Waals surface area contributed by atoms with Crippen LogP contribution < -0.4 is 19.7 Å². The van der Waals surface area contributed by atoms with Gasteiger partial charge in [0, 0.05) is 29.7 Å². The Morgan fingerprint density at radius 3 is 2.68 bits per heavy atom. The highest BCUT2D eigenvalue weighted by Crippen LogP contribution is 2.42. The minimum absolute atomic E-state index is 0.0152. The molecule has 0 unspecified atom stereocenters. The highest BCUT2D eigenvalue weighted by atomic mass is 35.5. The van der Waals surface area contributed by atoms with Crippen LogP contribution in [-0.2, 0) is 32.6 Å². The van der Waals surface area contributed by atoms with Crippen molar-refractivity contribution in [1.82, 2.24) is 10.0 Å². The zero-order chi connectivity index (χ0) is 33.7. The average Bonchev–Trinajstić information content (AvgIpc) is 3.03. The Hall–Kier alpha value is -3.08. The fourth-order valence-electron chi connectivity index (χ4n) is 6.68. The van der Waals surface area contributed by atoms with Crippen molar-refractivity contribution in [2.75, 3.05) is 24.6 Å². The molecule has 3 aliphatic rings. The molecule has 256 valence electrons. The molecule has 2 bridgehead atoms. The van der Waals surface area contributed by atoms with Crippen molar-refractivity contribution in [3.8, 4) is 5.75 Å². The van der Waals surface area contributed by atoms with Gasteiger partial charge in [0.25, 0.3) is 5.91 Å². The second kappa shape index (κ2) is 15.4. The normalized spacial score (nSPS) is 27.1. The minimum Gasteiger partial charge on any atom is -0.487 e. The number of amides is 2. The Balaban J connectivity index is 1.51. The van der Waals surface area contributed by atoms with Crippen LogP contribution in [0.25, 0.3) is 0 Å².